The van der Waals surface area contributed by atoms with Gasteiger partial charge >= 0.3 is 0 Å². The Balaban J connectivity index is 1.24. The monoisotopic (exact) mass is 390 g/mol. The Kier molecular flexibility index (Phi) is 4.72. The predicted molar refractivity (Wildman–Crippen MR) is 113 cm³/mol. The first-order chi connectivity index (χ1) is 14.1. The van der Waals surface area contributed by atoms with Crippen molar-refractivity contribution in [1.82, 2.24) is 10.2 Å². The first kappa shape index (κ1) is 18.8. The largest absolute Gasteiger partial charge is 0.375 e. The molecule has 0 bridgehead atoms. The normalized spacial score (nSPS) is 29.4. The Morgan fingerprint density at radius 1 is 1.03 bits per heavy atom. The molecule has 152 valence electrons. The molecule has 3 fully saturated rings. The number of nitrogens with one attached hydrogen (secondary N) is 1. The number of likely N-dealkylation sites (tertiary alicyclic amines) is 1. The molecule has 4 unspecified atom stereocenters. The number of carbonyl (C=O) groups is 1. The van der Waals surface area contributed by atoms with E-state index in [-0.39, 0.29) is 17.9 Å². The van der Waals surface area contributed by atoms with Crippen molar-refractivity contribution in [3.8, 4) is 0 Å². The third-order valence-corrected chi connectivity index (χ3v) is 7.61. The fraction of sp³-hybridized carbons (Fsp3) is 0.480. The fourth-order valence-electron chi connectivity index (χ4n) is 5.36. The summed E-state index contributed by atoms with van der Waals surface area (Å²) in [6.07, 6.45) is 2.92. The van der Waals surface area contributed by atoms with Crippen LogP contribution in [-0.4, -0.2) is 35.0 Å². The second-order valence-electron chi connectivity index (χ2n) is 9.13. The van der Waals surface area contributed by atoms with Crippen LogP contribution in [0.3, 0.4) is 0 Å². The number of benzene rings is 2. The van der Waals surface area contributed by atoms with Crippen molar-refractivity contribution in [2.75, 3.05) is 13.1 Å². The maximum Gasteiger partial charge on any atom is 0.257 e. The number of hydrogen-bond acceptors (Lipinski definition) is 3. The van der Waals surface area contributed by atoms with Crippen LogP contribution in [0.15, 0.2) is 60.7 Å². The topological polar surface area (TPSA) is 52.6 Å². The molecule has 0 spiro atoms. The number of fused-ring (bicyclic) bond motifs is 1. The molecule has 4 heteroatoms. The highest BCUT2D eigenvalue weighted by Crippen LogP contribution is 2.49. The highest BCUT2D eigenvalue weighted by atomic mass is 16.3. The Labute approximate surface area is 172 Å². The zero-order valence-corrected chi connectivity index (χ0v) is 17.0. The van der Waals surface area contributed by atoms with E-state index >= 15 is 0 Å². The van der Waals surface area contributed by atoms with Crippen LogP contribution in [0.25, 0.3) is 0 Å². The minimum atomic E-state index is -1.40. The van der Waals surface area contributed by atoms with Gasteiger partial charge in [0, 0.05) is 31.1 Å². The van der Waals surface area contributed by atoms with Gasteiger partial charge in [-0.05, 0) is 42.7 Å². The standard InChI is InChI=1S/C25H30N2O2/c1-17(18-9-4-2-5-10-18)27-15-21-22(16-27)23(21)26-24(28)25(29,20-13-8-14-20)19-11-6-3-7-12-19/h2-7,9-12,17,20-23,29H,8,13-16H2,1H3,(H,26,28). The quantitative estimate of drug-likeness (QED) is 0.794. The zero-order valence-electron chi connectivity index (χ0n) is 17.0. The van der Waals surface area contributed by atoms with E-state index < -0.39 is 5.60 Å². The molecule has 2 aromatic rings. The maximum absolute atomic E-state index is 13.2. The number of aliphatic hydroxyl groups is 1. The summed E-state index contributed by atoms with van der Waals surface area (Å²) in [7, 11) is 0. The van der Waals surface area contributed by atoms with Crippen LogP contribution < -0.4 is 5.32 Å². The van der Waals surface area contributed by atoms with E-state index in [0.29, 0.717) is 17.9 Å². The zero-order chi connectivity index (χ0) is 20.0. The van der Waals surface area contributed by atoms with Crippen LogP contribution in [0.1, 0.15) is 43.4 Å². The molecule has 2 aliphatic carbocycles. The summed E-state index contributed by atoms with van der Waals surface area (Å²) in [6, 6.07) is 20.7. The SMILES string of the molecule is CC(c1ccccc1)N1CC2C(C1)C2NC(=O)C(O)(c1ccccc1)C1CCC1. The highest BCUT2D eigenvalue weighted by molar-refractivity contribution is 5.87. The van der Waals surface area contributed by atoms with Crippen LogP contribution in [0.5, 0.6) is 0 Å². The van der Waals surface area contributed by atoms with Crippen molar-refractivity contribution in [3.05, 3.63) is 71.8 Å². The van der Waals surface area contributed by atoms with Crippen LogP contribution in [-0.2, 0) is 10.4 Å². The smallest absolute Gasteiger partial charge is 0.257 e. The van der Waals surface area contributed by atoms with Gasteiger partial charge in [0.05, 0.1) is 0 Å². The van der Waals surface area contributed by atoms with Crippen molar-refractivity contribution in [3.63, 3.8) is 0 Å². The third kappa shape index (κ3) is 3.19. The molecule has 2 aromatic carbocycles. The molecule has 2 saturated carbocycles. The molecule has 29 heavy (non-hydrogen) atoms. The number of hydrogen-bond donors (Lipinski definition) is 2. The van der Waals surface area contributed by atoms with Gasteiger partial charge in [0.25, 0.3) is 5.91 Å². The van der Waals surface area contributed by atoms with Crippen LogP contribution >= 0.6 is 0 Å². The number of piperidine rings is 1. The summed E-state index contributed by atoms with van der Waals surface area (Å²) in [5.74, 6) is 0.839. The summed E-state index contributed by atoms with van der Waals surface area (Å²) >= 11 is 0. The van der Waals surface area contributed by atoms with Crippen LogP contribution in [0.2, 0.25) is 0 Å². The van der Waals surface area contributed by atoms with Gasteiger partial charge in [-0.2, -0.15) is 0 Å². The lowest BCUT2D eigenvalue weighted by molar-refractivity contribution is -0.152. The van der Waals surface area contributed by atoms with E-state index in [2.05, 4.69) is 47.5 Å². The molecule has 1 amide bonds. The fourth-order valence-corrected chi connectivity index (χ4v) is 5.36. The molecule has 2 N–H and O–H groups in total. The van der Waals surface area contributed by atoms with E-state index in [0.717, 1.165) is 37.9 Å². The van der Waals surface area contributed by atoms with Gasteiger partial charge in [0.15, 0.2) is 5.60 Å². The lowest BCUT2D eigenvalue weighted by atomic mass is 9.69. The Bertz CT molecular complexity index is 855. The molecule has 0 radical (unpaired) electrons. The lowest BCUT2D eigenvalue weighted by Crippen LogP contribution is -2.53. The second kappa shape index (κ2) is 7.26. The molecule has 4 atom stereocenters. The predicted octanol–water partition coefficient (Wildman–Crippen LogP) is 3.48. The Morgan fingerprint density at radius 2 is 1.62 bits per heavy atom. The lowest BCUT2D eigenvalue weighted by Gasteiger charge is -2.40. The summed E-state index contributed by atoms with van der Waals surface area (Å²) in [6.45, 7) is 4.29. The molecular formula is C25H30N2O2. The third-order valence-electron chi connectivity index (χ3n) is 7.61. The second-order valence-corrected chi connectivity index (χ2v) is 9.13. The molecule has 1 heterocycles. The molecule has 1 saturated heterocycles. The van der Waals surface area contributed by atoms with Gasteiger partial charge in [-0.1, -0.05) is 67.1 Å². The van der Waals surface area contributed by atoms with Crippen LogP contribution in [0, 0.1) is 17.8 Å². The number of amides is 1. The van der Waals surface area contributed by atoms with E-state index in [9.17, 15) is 9.90 Å². The number of rotatable bonds is 6. The first-order valence-corrected chi connectivity index (χ1v) is 11.0. The molecule has 4 nitrogen and oxygen atoms in total. The molecule has 0 aromatic heterocycles. The van der Waals surface area contributed by atoms with Crippen molar-refractivity contribution in [2.45, 2.75) is 43.9 Å². The van der Waals surface area contributed by atoms with E-state index in [1.54, 1.807) is 0 Å². The summed E-state index contributed by atoms with van der Waals surface area (Å²) in [5, 5.41) is 14.7. The molecular weight excluding hydrogens is 360 g/mol. The summed E-state index contributed by atoms with van der Waals surface area (Å²) in [5.41, 5.74) is 0.679. The average molecular weight is 391 g/mol. The average Bonchev–Trinajstić information content (AvgIpc) is 3.15. The number of carbonyl (C=O) groups excluding carboxylic acids is 1. The molecule has 3 aliphatic rings. The first-order valence-electron chi connectivity index (χ1n) is 11.0. The summed E-state index contributed by atoms with van der Waals surface area (Å²) < 4.78 is 0. The minimum absolute atomic E-state index is 0.0260. The van der Waals surface area contributed by atoms with Gasteiger partial charge in [0.1, 0.15) is 0 Å². The van der Waals surface area contributed by atoms with Crippen LogP contribution in [0.4, 0.5) is 0 Å². The Morgan fingerprint density at radius 3 is 2.17 bits per heavy atom. The highest BCUT2D eigenvalue weighted by Gasteiger charge is 2.59. The van der Waals surface area contributed by atoms with Crippen molar-refractivity contribution < 1.29 is 9.90 Å². The summed E-state index contributed by atoms with van der Waals surface area (Å²) in [4.78, 5) is 15.8. The number of nitrogens with zero attached hydrogens (tertiary/aromatic N) is 1. The van der Waals surface area contributed by atoms with Crippen molar-refractivity contribution in [1.29, 1.82) is 0 Å². The van der Waals surface area contributed by atoms with E-state index in [1.807, 2.05) is 30.3 Å². The van der Waals surface area contributed by atoms with Gasteiger partial charge in [0.2, 0.25) is 0 Å². The van der Waals surface area contributed by atoms with Gasteiger partial charge in [-0.25, -0.2) is 0 Å². The molecule has 1 aliphatic heterocycles. The Hall–Kier alpha value is -2.17. The van der Waals surface area contributed by atoms with E-state index in [1.165, 1.54) is 5.56 Å². The van der Waals surface area contributed by atoms with Gasteiger partial charge in [-0.3, -0.25) is 9.69 Å². The molecule has 5 rings (SSSR count). The van der Waals surface area contributed by atoms with Gasteiger partial charge < -0.3 is 10.4 Å². The van der Waals surface area contributed by atoms with Crippen molar-refractivity contribution >= 4 is 5.91 Å². The minimum Gasteiger partial charge on any atom is -0.375 e. The van der Waals surface area contributed by atoms with Crippen molar-refractivity contribution in [2.24, 2.45) is 17.8 Å². The maximum atomic E-state index is 13.2. The van der Waals surface area contributed by atoms with E-state index in [4.69, 9.17) is 0 Å². The van der Waals surface area contributed by atoms with Gasteiger partial charge in [-0.15, -0.1) is 0 Å².